The van der Waals surface area contributed by atoms with E-state index < -0.39 is 0 Å². The summed E-state index contributed by atoms with van der Waals surface area (Å²) in [5, 5.41) is 16.5. The lowest BCUT2D eigenvalue weighted by Crippen LogP contribution is -2.08. The monoisotopic (exact) mass is 122 g/mol. The molecular weight excluding hydrogens is 112 g/mol. The smallest absolute Gasteiger partial charge is 0.0627 e. The molecule has 0 heterocycles. The van der Waals surface area contributed by atoms with Gasteiger partial charge in [-0.2, -0.15) is 10.5 Å². The Kier molecular flexibility index (Phi) is 2.74. The minimum atomic E-state index is -0.122. The Balaban J connectivity index is 3.77. The van der Waals surface area contributed by atoms with Crippen LogP contribution in [0.5, 0.6) is 0 Å². The average molecular weight is 122 g/mol. The maximum Gasteiger partial charge on any atom is 0.0627 e. The summed E-state index contributed by atoms with van der Waals surface area (Å²) in [7, 11) is 0. The lowest BCUT2D eigenvalue weighted by atomic mass is 9.87. The van der Waals surface area contributed by atoms with E-state index in [0.717, 1.165) is 0 Å². The van der Waals surface area contributed by atoms with Crippen molar-refractivity contribution in [2.75, 3.05) is 0 Å². The van der Waals surface area contributed by atoms with Crippen molar-refractivity contribution in [3.63, 3.8) is 0 Å². The van der Waals surface area contributed by atoms with Gasteiger partial charge in [0.25, 0.3) is 0 Å². The van der Waals surface area contributed by atoms with Gasteiger partial charge in [0.2, 0.25) is 0 Å². The molecule has 0 aromatic heterocycles. The van der Waals surface area contributed by atoms with Crippen LogP contribution in [0.4, 0.5) is 0 Å². The molecule has 0 aromatic rings. The number of hydrogen-bond donors (Lipinski definition) is 0. The molecule has 2 heteroatoms. The van der Waals surface area contributed by atoms with E-state index in [0.29, 0.717) is 12.8 Å². The van der Waals surface area contributed by atoms with E-state index in [1.807, 2.05) is 26.0 Å². The number of hydrogen-bond acceptors (Lipinski definition) is 2. The fourth-order valence-corrected chi connectivity index (χ4v) is 0.491. The topological polar surface area (TPSA) is 47.6 Å². The molecule has 0 spiro atoms. The van der Waals surface area contributed by atoms with E-state index in [2.05, 4.69) is 0 Å². The summed E-state index contributed by atoms with van der Waals surface area (Å²) in [6.07, 6.45) is 0.918. The number of rotatable bonds is 2. The van der Waals surface area contributed by atoms with E-state index in [-0.39, 0.29) is 5.41 Å². The molecule has 0 aliphatic carbocycles. The molecule has 0 bridgehead atoms. The Morgan fingerprint density at radius 1 is 1.11 bits per heavy atom. The summed E-state index contributed by atoms with van der Waals surface area (Å²) in [5.41, 5.74) is -0.122. The summed E-state index contributed by atoms with van der Waals surface area (Å²) in [4.78, 5) is 0. The second-order valence-corrected chi connectivity index (χ2v) is 2.83. The van der Waals surface area contributed by atoms with Crippen LogP contribution in [0, 0.1) is 28.1 Å². The van der Waals surface area contributed by atoms with Crippen molar-refractivity contribution in [2.24, 2.45) is 5.41 Å². The van der Waals surface area contributed by atoms with E-state index in [1.165, 1.54) is 0 Å². The fraction of sp³-hybridized carbons (Fsp3) is 0.714. The molecular formula is C7H10N2. The van der Waals surface area contributed by atoms with Gasteiger partial charge in [0, 0.05) is 12.8 Å². The predicted molar refractivity (Wildman–Crippen MR) is 34.2 cm³/mol. The molecule has 9 heavy (non-hydrogen) atoms. The predicted octanol–water partition coefficient (Wildman–Crippen LogP) is 1.84. The molecule has 0 amide bonds. The lowest BCUT2D eigenvalue weighted by molar-refractivity contribution is 0.386. The quantitative estimate of drug-likeness (QED) is 0.561. The zero-order chi connectivity index (χ0) is 7.33. The average Bonchev–Trinajstić information content (AvgIpc) is 1.64. The highest BCUT2D eigenvalue weighted by molar-refractivity contribution is 4.88. The van der Waals surface area contributed by atoms with E-state index in [1.54, 1.807) is 0 Å². The molecule has 0 fully saturated rings. The van der Waals surface area contributed by atoms with Gasteiger partial charge < -0.3 is 0 Å². The molecule has 0 aromatic carbocycles. The molecule has 0 unspecified atom stereocenters. The first-order valence-electron chi connectivity index (χ1n) is 2.86. The summed E-state index contributed by atoms with van der Waals surface area (Å²) in [5.74, 6) is 0. The van der Waals surface area contributed by atoms with Crippen LogP contribution in [-0.2, 0) is 0 Å². The zero-order valence-electron chi connectivity index (χ0n) is 5.81. The van der Waals surface area contributed by atoms with E-state index in [4.69, 9.17) is 10.5 Å². The maximum absolute atomic E-state index is 8.27. The van der Waals surface area contributed by atoms with Crippen LogP contribution in [0.2, 0.25) is 0 Å². The zero-order valence-corrected chi connectivity index (χ0v) is 5.81. The van der Waals surface area contributed by atoms with Gasteiger partial charge in [-0.3, -0.25) is 0 Å². The Hall–Kier alpha value is -1.02. The first-order chi connectivity index (χ1) is 4.12. The van der Waals surface area contributed by atoms with Crippen molar-refractivity contribution in [3.8, 4) is 12.1 Å². The van der Waals surface area contributed by atoms with Crippen molar-refractivity contribution >= 4 is 0 Å². The molecule has 0 atom stereocenters. The highest BCUT2D eigenvalue weighted by Crippen LogP contribution is 2.22. The van der Waals surface area contributed by atoms with Crippen LogP contribution < -0.4 is 0 Å². The maximum atomic E-state index is 8.27. The molecule has 0 saturated carbocycles. The minimum Gasteiger partial charge on any atom is -0.198 e. The van der Waals surface area contributed by atoms with Crippen molar-refractivity contribution in [2.45, 2.75) is 26.7 Å². The highest BCUT2D eigenvalue weighted by atomic mass is 14.3. The first-order valence-corrected chi connectivity index (χ1v) is 2.86. The minimum absolute atomic E-state index is 0.122. The molecule has 0 radical (unpaired) electrons. The van der Waals surface area contributed by atoms with Crippen molar-refractivity contribution < 1.29 is 0 Å². The van der Waals surface area contributed by atoms with Gasteiger partial charge in [0.05, 0.1) is 12.1 Å². The number of nitriles is 2. The normalized spacial score (nSPS) is 9.78. The highest BCUT2D eigenvalue weighted by Gasteiger charge is 2.15. The summed E-state index contributed by atoms with van der Waals surface area (Å²) >= 11 is 0. The fourth-order valence-electron chi connectivity index (χ4n) is 0.491. The van der Waals surface area contributed by atoms with Crippen LogP contribution >= 0.6 is 0 Å². The van der Waals surface area contributed by atoms with Crippen LogP contribution in [-0.4, -0.2) is 0 Å². The van der Waals surface area contributed by atoms with Gasteiger partial charge in [0.1, 0.15) is 0 Å². The molecule has 0 aliphatic heterocycles. The third-order valence-corrected chi connectivity index (χ3v) is 1.12. The van der Waals surface area contributed by atoms with Gasteiger partial charge >= 0.3 is 0 Å². The first kappa shape index (κ1) is 7.98. The van der Waals surface area contributed by atoms with Crippen LogP contribution in [0.15, 0.2) is 0 Å². The second kappa shape index (κ2) is 3.10. The van der Waals surface area contributed by atoms with Gasteiger partial charge in [0.15, 0.2) is 0 Å². The van der Waals surface area contributed by atoms with Gasteiger partial charge in [-0.25, -0.2) is 0 Å². The molecule has 0 N–H and O–H groups in total. The van der Waals surface area contributed by atoms with Crippen LogP contribution in [0.25, 0.3) is 0 Å². The third kappa shape index (κ3) is 3.55. The largest absolute Gasteiger partial charge is 0.198 e. The summed E-state index contributed by atoms with van der Waals surface area (Å²) < 4.78 is 0. The second-order valence-electron chi connectivity index (χ2n) is 2.83. The van der Waals surface area contributed by atoms with Gasteiger partial charge in [-0.05, 0) is 5.41 Å². The molecule has 48 valence electrons. The summed E-state index contributed by atoms with van der Waals surface area (Å²) in [6.45, 7) is 3.83. The van der Waals surface area contributed by atoms with Gasteiger partial charge in [-0.15, -0.1) is 0 Å². The summed E-state index contributed by atoms with van der Waals surface area (Å²) in [6, 6.07) is 4.08. The van der Waals surface area contributed by atoms with Crippen LogP contribution in [0.3, 0.4) is 0 Å². The van der Waals surface area contributed by atoms with E-state index in [9.17, 15) is 0 Å². The van der Waals surface area contributed by atoms with Crippen molar-refractivity contribution in [3.05, 3.63) is 0 Å². The molecule has 0 rings (SSSR count). The Bertz CT molecular complexity index is 139. The lowest BCUT2D eigenvalue weighted by Gasteiger charge is -2.14. The van der Waals surface area contributed by atoms with Crippen molar-refractivity contribution in [1.29, 1.82) is 10.5 Å². The number of nitrogens with zero attached hydrogens (tertiary/aromatic N) is 2. The SMILES string of the molecule is CC(C)(CC#N)CC#N. The Morgan fingerprint density at radius 3 is 1.67 bits per heavy atom. The van der Waals surface area contributed by atoms with Crippen LogP contribution in [0.1, 0.15) is 26.7 Å². The van der Waals surface area contributed by atoms with Crippen molar-refractivity contribution in [1.82, 2.24) is 0 Å². The van der Waals surface area contributed by atoms with Gasteiger partial charge in [-0.1, -0.05) is 13.8 Å². The molecule has 2 nitrogen and oxygen atoms in total. The Labute approximate surface area is 55.7 Å². The molecule has 0 aliphatic rings. The standard InChI is InChI=1S/C7H10N2/c1-7(2,3-5-8)4-6-9/h3-4H2,1-2H3. The third-order valence-electron chi connectivity index (χ3n) is 1.12. The van der Waals surface area contributed by atoms with E-state index >= 15 is 0 Å². The Morgan fingerprint density at radius 2 is 1.44 bits per heavy atom. The molecule has 0 saturated heterocycles.